The summed E-state index contributed by atoms with van der Waals surface area (Å²) in [6.45, 7) is 12.1. The highest BCUT2D eigenvalue weighted by Crippen LogP contribution is 2.25. The van der Waals surface area contributed by atoms with E-state index in [1.54, 1.807) is 19.1 Å². The summed E-state index contributed by atoms with van der Waals surface area (Å²) in [5.41, 5.74) is 7.82. The van der Waals surface area contributed by atoms with Crippen LogP contribution in [0.1, 0.15) is 31.0 Å². The van der Waals surface area contributed by atoms with Crippen LogP contribution in [0.25, 0.3) is 0 Å². The van der Waals surface area contributed by atoms with E-state index in [9.17, 15) is 14.0 Å². The Balaban J connectivity index is 1.78. The van der Waals surface area contributed by atoms with Gasteiger partial charge in [-0.1, -0.05) is 37.8 Å². The molecule has 1 aliphatic heterocycles. The molecule has 4 atom stereocenters. The number of benzene rings is 1. The summed E-state index contributed by atoms with van der Waals surface area (Å²) < 4.78 is 14.4. The molecule has 7 heteroatoms. The van der Waals surface area contributed by atoms with Crippen molar-refractivity contribution in [1.29, 1.82) is 0 Å². The van der Waals surface area contributed by atoms with E-state index in [2.05, 4.69) is 16.8 Å². The molecule has 1 aromatic carbocycles. The molecule has 172 valence electrons. The van der Waals surface area contributed by atoms with E-state index in [1.807, 2.05) is 43.0 Å². The van der Waals surface area contributed by atoms with Crippen LogP contribution >= 0.6 is 0 Å². The molecule has 0 bridgehead atoms. The lowest BCUT2D eigenvalue weighted by Crippen LogP contribution is -2.54. The van der Waals surface area contributed by atoms with E-state index in [1.165, 1.54) is 6.08 Å². The van der Waals surface area contributed by atoms with Crippen molar-refractivity contribution in [2.45, 2.75) is 32.9 Å². The molecule has 3 N–H and O–H groups in total. The average molecular weight is 441 g/mol. The van der Waals surface area contributed by atoms with Crippen molar-refractivity contribution in [3.63, 3.8) is 0 Å². The van der Waals surface area contributed by atoms with Gasteiger partial charge >= 0.3 is 0 Å². The number of nitrogens with one attached hydrogen (secondary N) is 1. The van der Waals surface area contributed by atoms with Crippen LogP contribution in [0.4, 0.5) is 4.39 Å². The zero-order valence-corrected chi connectivity index (χ0v) is 19.1. The van der Waals surface area contributed by atoms with Gasteiger partial charge in [-0.25, -0.2) is 4.39 Å². The van der Waals surface area contributed by atoms with Crippen LogP contribution in [0.3, 0.4) is 0 Å². The van der Waals surface area contributed by atoms with Gasteiger partial charge in [-0.2, -0.15) is 0 Å². The minimum Gasteiger partial charge on any atom is -0.377 e. The fourth-order valence-electron chi connectivity index (χ4n) is 4.44. The van der Waals surface area contributed by atoms with Crippen molar-refractivity contribution in [2.75, 3.05) is 26.2 Å². The Morgan fingerprint density at radius 1 is 1.34 bits per heavy atom. The van der Waals surface area contributed by atoms with Gasteiger partial charge in [0.1, 0.15) is 5.82 Å². The molecular formula is C25H33FN4O2. The Kier molecular flexibility index (Phi) is 7.51. The van der Waals surface area contributed by atoms with Crippen molar-refractivity contribution in [1.82, 2.24) is 15.1 Å². The van der Waals surface area contributed by atoms with Gasteiger partial charge in [0.05, 0.1) is 12.0 Å². The number of hydrogen-bond acceptors (Lipinski definition) is 4. The maximum Gasteiger partial charge on any atom is 0.246 e. The number of rotatable bonds is 7. The lowest BCUT2D eigenvalue weighted by Gasteiger charge is -2.41. The summed E-state index contributed by atoms with van der Waals surface area (Å²) in [6.07, 6.45) is 7.05. The highest BCUT2D eigenvalue weighted by atomic mass is 19.1. The number of aryl methyl sites for hydroxylation is 1. The van der Waals surface area contributed by atoms with E-state index in [0.29, 0.717) is 18.7 Å². The van der Waals surface area contributed by atoms with Crippen LogP contribution in [0.2, 0.25) is 0 Å². The van der Waals surface area contributed by atoms with Crippen LogP contribution in [0.5, 0.6) is 0 Å². The summed E-state index contributed by atoms with van der Waals surface area (Å²) in [6, 6.07) is 5.22. The molecule has 1 fully saturated rings. The average Bonchev–Trinajstić information content (AvgIpc) is 2.74. The number of allylic oxidation sites excluding steroid dienone is 2. The predicted molar refractivity (Wildman–Crippen MR) is 124 cm³/mol. The van der Waals surface area contributed by atoms with Crippen molar-refractivity contribution >= 4 is 11.8 Å². The van der Waals surface area contributed by atoms with Gasteiger partial charge < -0.3 is 16.0 Å². The normalized spacial score (nSPS) is 24.6. The molecule has 2 unspecified atom stereocenters. The van der Waals surface area contributed by atoms with E-state index >= 15 is 0 Å². The molecular weight excluding hydrogens is 407 g/mol. The number of halogens is 1. The largest absolute Gasteiger partial charge is 0.377 e. The Morgan fingerprint density at radius 3 is 2.69 bits per heavy atom. The molecule has 6 nitrogen and oxygen atoms in total. The molecule has 0 saturated carbocycles. The lowest BCUT2D eigenvalue weighted by atomic mass is 9.88. The van der Waals surface area contributed by atoms with Crippen molar-refractivity contribution in [2.24, 2.45) is 17.6 Å². The smallest absolute Gasteiger partial charge is 0.246 e. The maximum absolute atomic E-state index is 14.4. The first-order chi connectivity index (χ1) is 15.2. The van der Waals surface area contributed by atoms with E-state index in [0.717, 1.165) is 24.4 Å². The highest BCUT2D eigenvalue weighted by molar-refractivity contribution is 5.87. The summed E-state index contributed by atoms with van der Waals surface area (Å²) in [5.74, 6) is -0.986. The zero-order valence-electron chi connectivity index (χ0n) is 19.1. The zero-order chi connectivity index (χ0) is 23.4. The predicted octanol–water partition coefficient (Wildman–Crippen LogP) is 2.67. The van der Waals surface area contributed by atoms with E-state index < -0.39 is 0 Å². The third-order valence-electron chi connectivity index (χ3n) is 6.37. The van der Waals surface area contributed by atoms with Crippen LogP contribution in [0, 0.1) is 24.6 Å². The summed E-state index contributed by atoms with van der Waals surface area (Å²) >= 11 is 0. The van der Waals surface area contributed by atoms with Gasteiger partial charge in [0.25, 0.3) is 0 Å². The third-order valence-corrected chi connectivity index (χ3v) is 6.37. The highest BCUT2D eigenvalue weighted by Gasteiger charge is 2.29. The van der Waals surface area contributed by atoms with Gasteiger partial charge in [-0.3, -0.25) is 14.5 Å². The number of nitrogens with zero attached hydrogens (tertiary/aromatic N) is 2. The number of carbonyl (C=O) groups is 2. The Hall–Kier alpha value is -2.93. The van der Waals surface area contributed by atoms with Crippen LogP contribution in [-0.2, 0) is 9.59 Å². The monoisotopic (exact) mass is 440 g/mol. The van der Waals surface area contributed by atoms with E-state index in [4.69, 9.17) is 5.73 Å². The van der Waals surface area contributed by atoms with Gasteiger partial charge in [0, 0.05) is 37.9 Å². The van der Waals surface area contributed by atoms with Gasteiger partial charge in [0.2, 0.25) is 11.8 Å². The second-order valence-electron chi connectivity index (χ2n) is 8.82. The first-order valence-corrected chi connectivity index (χ1v) is 11.1. The number of carbonyl (C=O) groups excluding carboxylic acids is 2. The number of hydrogen-bond donors (Lipinski definition) is 2. The van der Waals surface area contributed by atoms with Crippen molar-refractivity contribution in [3.8, 4) is 0 Å². The van der Waals surface area contributed by atoms with Crippen molar-refractivity contribution in [3.05, 3.63) is 71.7 Å². The molecule has 1 saturated heterocycles. The first kappa shape index (κ1) is 23.7. The van der Waals surface area contributed by atoms with Gasteiger partial charge in [-0.05, 0) is 49.1 Å². The lowest BCUT2D eigenvalue weighted by molar-refractivity contribution is -0.130. The summed E-state index contributed by atoms with van der Waals surface area (Å²) in [7, 11) is 0. The molecule has 1 aromatic rings. The minimum atomic E-state index is -0.345. The molecule has 1 heterocycles. The van der Waals surface area contributed by atoms with Crippen LogP contribution < -0.4 is 11.1 Å². The number of amides is 2. The summed E-state index contributed by atoms with van der Waals surface area (Å²) in [5, 5.41) is 3.53. The fourth-order valence-corrected chi connectivity index (χ4v) is 4.44. The van der Waals surface area contributed by atoms with Gasteiger partial charge in [0.15, 0.2) is 0 Å². The van der Waals surface area contributed by atoms with Gasteiger partial charge in [-0.15, -0.1) is 0 Å². The molecule has 0 spiro atoms. The second-order valence-corrected chi connectivity index (χ2v) is 8.82. The fraction of sp³-hybridized carbons (Fsp3) is 0.440. The van der Waals surface area contributed by atoms with Crippen LogP contribution in [0.15, 0.2) is 54.8 Å². The Bertz CT molecular complexity index is 942. The topological polar surface area (TPSA) is 78.7 Å². The standard InChI is InChI=1S/C25H33FN4O2/c1-5-24(31)30-11-10-29(14-18(30)4)15-23(19-7-6-16(2)22(26)13-19)28-20-8-9-21(25(27)32)17(3)12-20/h5-9,12-13,17-18,21,23,28H,1,10-11,14-15H2,2-4H3,(H2,27,32)/t17?,18-,21?,23+/m1/s1. The SMILES string of the molecule is C=CC(=O)N1CCN(C[C@H](NC2=CC(C)C(C(N)=O)C=C2)c2ccc(C)c(F)c2)C[C@H]1C. The Morgan fingerprint density at radius 2 is 2.09 bits per heavy atom. The molecule has 3 rings (SSSR count). The quantitative estimate of drug-likeness (QED) is 0.639. The molecule has 1 aliphatic carbocycles. The molecule has 0 aromatic heterocycles. The molecule has 32 heavy (non-hydrogen) atoms. The number of nitrogens with two attached hydrogens (primary N) is 1. The summed E-state index contributed by atoms with van der Waals surface area (Å²) in [4.78, 5) is 27.8. The number of piperazine rings is 1. The number of primary amides is 1. The molecule has 2 aliphatic rings. The molecule has 2 amide bonds. The first-order valence-electron chi connectivity index (χ1n) is 11.1. The third kappa shape index (κ3) is 5.46. The minimum absolute atomic E-state index is 0.0242. The van der Waals surface area contributed by atoms with Crippen LogP contribution in [-0.4, -0.2) is 53.8 Å². The second kappa shape index (κ2) is 10.1. The van der Waals surface area contributed by atoms with Crippen molar-refractivity contribution < 1.29 is 14.0 Å². The Labute approximate surface area is 189 Å². The molecule has 0 radical (unpaired) electrons. The maximum atomic E-state index is 14.4. The van der Waals surface area contributed by atoms with E-state index in [-0.39, 0.29) is 41.6 Å².